The van der Waals surface area contributed by atoms with Crippen LogP contribution >= 0.6 is 0 Å². The quantitative estimate of drug-likeness (QED) is 0.398. The summed E-state index contributed by atoms with van der Waals surface area (Å²) in [5.74, 6) is 0. The van der Waals surface area contributed by atoms with Crippen LogP contribution < -0.4 is 0 Å². The molecule has 0 nitrogen and oxygen atoms in total. The van der Waals surface area contributed by atoms with E-state index in [1.54, 1.807) is 0 Å². The minimum Gasteiger partial charge on any atom is -0.0990 e. The molecule has 0 heteroatoms. The molecule has 0 fully saturated rings. The molecule has 29 heavy (non-hydrogen) atoms. The Balaban J connectivity index is 0.000000207. The van der Waals surface area contributed by atoms with Gasteiger partial charge >= 0.3 is 0 Å². The zero-order chi connectivity index (χ0) is 21.2. The van der Waals surface area contributed by atoms with E-state index in [0.29, 0.717) is 0 Å². The van der Waals surface area contributed by atoms with E-state index in [-0.39, 0.29) is 0 Å². The van der Waals surface area contributed by atoms with Gasteiger partial charge in [-0.05, 0) is 79.1 Å². The lowest BCUT2D eigenvalue weighted by molar-refractivity contribution is 1.32. The first-order chi connectivity index (χ1) is 14.0. The SMILES string of the molecule is C=C/C=C(\C=C/C)c1cccc(C)c1C.Cc1cccc(-c2ccccc2)c1C. The molecule has 0 aromatic heterocycles. The summed E-state index contributed by atoms with van der Waals surface area (Å²) in [5.41, 5.74) is 10.5. The van der Waals surface area contributed by atoms with E-state index in [2.05, 4.69) is 113 Å². The summed E-state index contributed by atoms with van der Waals surface area (Å²) in [4.78, 5) is 0. The highest BCUT2D eigenvalue weighted by molar-refractivity contribution is 5.77. The Bertz CT molecular complexity index is 1000. The van der Waals surface area contributed by atoms with Gasteiger partial charge < -0.3 is 0 Å². The topological polar surface area (TPSA) is 0 Å². The molecule has 3 rings (SSSR count). The minimum atomic E-state index is 1.22. The van der Waals surface area contributed by atoms with Crippen LogP contribution in [-0.4, -0.2) is 0 Å². The van der Waals surface area contributed by atoms with Crippen LogP contribution in [0.1, 0.15) is 34.7 Å². The second-order valence-electron chi connectivity index (χ2n) is 7.22. The third-order valence-electron chi connectivity index (χ3n) is 5.25. The average molecular weight is 381 g/mol. The molecule has 0 spiro atoms. The summed E-state index contributed by atoms with van der Waals surface area (Å²) in [6.07, 6.45) is 8.04. The highest BCUT2D eigenvalue weighted by atomic mass is 14.1. The van der Waals surface area contributed by atoms with E-state index in [4.69, 9.17) is 0 Å². The molecule has 0 bridgehead atoms. The summed E-state index contributed by atoms with van der Waals surface area (Å²) in [6, 6.07) is 23.4. The second kappa shape index (κ2) is 11.0. The van der Waals surface area contributed by atoms with Crippen molar-refractivity contribution in [2.24, 2.45) is 0 Å². The highest BCUT2D eigenvalue weighted by Gasteiger charge is 2.03. The molecule has 148 valence electrons. The maximum atomic E-state index is 3.75. The van der Waals surface area contributed by atoms with Gasteiger partial charge in [-0.1, -0.05) is 97.6 Å². The molecule has 0 aliphatic carbocycles. The van der Waals surface area contributed by atoms with Crippen LogP contribution in [0.15, 0.2) is 97.6 Å². The van der Waals surface area contributed by atoms with Gasteiger partial charge in [0, 0.05) is 0 Å². The maximum Gasteiger partial charge on any atom is -0.0152 e. The molecule has 0 radical (unpaired) electrons. The highest BCUT2D eigenvalue weighted by Crippen LogP contribution is 2.25. The number of benzene rings is 3. The van der Waals surface area contributed by atoms with Crippen LogP contribution in [0.25, 0.3) is 16.7 Å². The fraction of sp³-hybridized carbons (Fsp3) is 0.172. The lowest BCUT2D eigenvalue weighted by Crippen LogP contribution is -1.89. The Kier molecular flexibility index (Phi) is 8.43. The lowest BCUT2D eigenvalue weighted by atomic mass is 9.96. The largest absolute Gasteiger partial charge is 0.0990 e. The van der Waals surface area contributed by atoms with Gasteiger partial charge in [-0.3, -0.25) is 0 Å². The molecule has 0 heterocycles. The number of aryl methyl sites for hydroxylation is 2. The third-order valence-corrected chi connectivity index (χ3v) is 5.25. The molecule has 0 saturated heterocycles. The van der Waals surface area contributed by atoms with Gasteiger partial charge in [-0.2, -0.15) is 0 Å². The van der Waals surface area contributed by atoms with Crippen molar-refractivity contribution >= 4 is 5.57 Å². The number of rotatable bonds is 4. The van der Waals surface area contributed by atoms with E-state index in [1.807, 2.05) is 19.1 Å². The first-order valence-corrected chi connectivity index (χ1v) is 10.1. The van der Waals surface area contributed by atoms with Crippen molar-refractivity contribution in [3.05, 3.63) is 125 Å². The van der Waals surface area contributed by atoms with Crippen molar-refractivity contribution in [1.82, 2.24) is 0 Å². The van der Waals surface area contributed by atoms with Crippen LogP contribution in [0, 0.1) is 27.7 Å². The number of allylic oxidation sites excluding steroid dienone is 5. The molecule has 0 amide bonds. The molecule has 0 N–H and O–H groups in total. The summed E-state index contributed by atoms with van der Waals surface area (Å²) < 4.78 is 0. The second-order valence-corrected chi connectivity index (χ2v) is 7.22. The van der Waals surface area contributed by atoms with E-state index in [1.165, 1.54) is 44.5 Å². The fourth-order valence-corrected chi connectivity index (χ4v) is 3.29. The van der Waals surface area contributed by atoms with Gasteiger partial charge in [0.15, 0.2) is 0 Å². The minimum absolute atomic E-state index is 1.22. The van der Waals surface area contributed by atoms with Crippen LogP contribution in [0.2, 0.25) is 0 Å². The Morgan fingerprint density at radius 1 is 0.724 bits per heavy atom. The molecular formula is C29H32. The van der Waals surface area contributed by atoms with Gasteiger partial charge in [0.2, 0.25) is 0 Å². The fourth-order valence-electron chi connectivity index (χ4n) is 3.29. The van der Waals surface area contributed by atoms with Crippen LogP contribution in [0.5, 0.6) is 0 Å². The van der Waals surface area contributed by atoms with E-state index < -0.39 is 0 Å². The first-order valence-electron chi connectivity index (χ1n) is 10.1. The zero-order valence-corrected chi connectivity index (χ0v) is 18.4. The van der Waals surface area contributed by atoms with Crippen molar-refractivity contribution in [1.29, 1.82) is 0 Å². The number of hydrogen-bond acceptors (Lipinski definition) is 0. The summed E-state index contributed by atoms with van der Waals surface area (Å²) in [6.45, 7) is 14.4. The molecule has 0 atom stereocenters. The average Bonchev–Trinajstić information content (AvgIpc) is 2.73. The third kappa shape index (κ3) is 5.93. The molecule has 3 aromatic rings. The van der Waals surface area contributed by atoms with Gasteiger partial charge in [0.05, 0.1) is 0 Å². The van der Waals surface area contributed by atoms with Crippen LogP contribution in [0.4, 0.5) is 0 Å². The van der Waals surface area contributed by atoms with Gasteiger partial charge in [-0.15, -0.1) is 0 Å². The normalized spacial score (nSPS) is 11.1. The smallest absolute Gasteiger partial charge is 0.0152 e. The van der Waals surface area contributed by atoms with Crippen molar-refractivity contribution < 1.29 is 0 Å². The molecule has 0 aliphatic rings. The maximum absolute atomic E-state index is 3.75. The summed E-state index contributed by atoms with van der Waals surface area (Å²) >= 11 is 0. The van der Waals surface area contributed by atoms with Crippen LogP contribution in [-0.2, 0) is 0 Å². The first kappa shape index (κ1) is 22.2. The standard InChI is InChI=1S/C15H18.C14H14/c1-5-8-14(9-6-2)15-11-7-10-12(3)13(15)4;1-11-7-6-10-14(12(11)2)13-8-4-3-5-9-13/h5-11H,1H2,2-4H3;3-10H,1-2H3/b9-6-,14-8+;. The van der Waals surface area contributed by atoms with Gasteiger partial charge in [0.25, 0.3) is 0 Å². The van der Waals surface area contributed by atoms with Crippen molar-refractivity contribution in [3.63, 3.8) is 0 Å². The Labute approximate surface area is 176 Å². The molecule has 0 aliphatic heterocycles. The van der Waals surface area contributed by atoms with Crippen molar-refractivity contribution in [3.8, 4) is 11.1 Å². The zero-order valence-electron chi connectivity index (χ0n) is 18.4. The molecular weight excluding hydrogens is 348 g/mol. The Hall–Kier alpha value is -3.12. The van der Waals surface area contributed by atoms with E-state index in [0.717, 1.165) is 0 Å². The van der Waals surface area contributed by atoms with Crippen LogP contribution in [0.3, 0.4) is 0 Å². The Morgan fingerprint density at radius 2 is 1.34 bits per heavy atom. The molecule has 0 saturated carbocycles. The van der Waals surface area contributed by atoms with Gasteiger partial charge in [-0.25, -0.2) is 0 Å². The lowest BCUT2D eigenvalue weighted by Gasteiger charge is -2.09. The van der Waals surface area contributed by atoms with E-state index >= 15 is 0 Å². The predicted octanol–water partition coefficient (Wildman–Crippen LogP) is 8.42. The van der Waals surface area contributed by atoms with Crippen molar-refractivity contribution in [2.75, 3.05) is 0 Å². The van der Waals surface area contributed by atoms with Crippen molar-refractivity contribution in [2.45, 2.75) is 34.6 Å². The number of hydrogen-bond donors (Lipinski definition) is 0. The summed E-state index contributed by atoms with van der Waals surface area (Å²) in [7, 11) is 0. The molecule has 3 aromatic carbocycles. The van der Waals surface area contributed by atoms with Gasteiger partial charge in [0.1, 0.15) is 0 Å². The summed E-state index contributed by atoms with van der Waals surface area (Å²) in [5, 5.41) is 0. The Morgan fingerprint density at radius 3 is 1.97 bits per heavy atom. The van der Waals surface area contributed by atoms with E-state index in [9.17, 15) is 0 Å². The predicted molar refractivity (Wildman–Crippen MR) is 130 cm³/mol. The molecule has 0 unspecified atom stereocenters. The monoisotopic (exact) mass is 380 g/mol.